The SMILES string of the molecule is CCC.Oc1ccc(OCC2CO2)cc1.Oc1ccc(OCC2CO2)cc1.Oc1ccc(OCC2CO2)cc1. The van der Waals surface area contributed by atoms with Crippen LogP contribution in [0.25, 0.3) is 0 Å². The molecule has 3 fully saturated rings. The summed E-state index contributed by atoms with van der Waals surface area (Å²) in [6.07, 6.45) is 2.08. The molecule has 3 atom stereocenters. The molecule has 212 valence electrons. The van der Waals surface area contributed by atoms with E-state index in [-0.39, 0.29) is 35.6 Å². The fourth-order valence-electron chi connectivity index (χ4n) is 2.69. The molecule has 3 N–H and O–H groups in total. The molecule has 0 saturated carbocycles. The summed E-state index contributed by atoms with van der Waals surface area (Å²) in [5, 5.41) is 26.9. The molecule has 3 unspecified atom stereocenters. The van der Waals surface area contributed by atoms with Crippen LogP contribution in [0.15, 0.2) is 72.8 Å². The molecule has 3 aliphatic rings. The number of hydrogen-bond donors (Lipinski definition) is 3. The highest BCUT2D eigenvalue weighted by Crippen LogP contribution is 2.20. The number of benzene rings is 3. The summed E-state index contributed by atoms with van der Waals surface area (Å²) in [6.45, 7) is 8.47. The van der Waals surface area contributed by atoms with Crippen LogP contribution >= 0.6 is 0 Å². The summed E-state index contributed by atoms with van der Waals surface area (Å²) in [4.78, 5) is 0. The lowest BCUT2D eigenvalue weighted by molar-refractivity contribution is 0.263. The molecule has 0 amide bonds. The first kappa shape index (κ1) is 29.9. The van der Waals surface area contributed by atoms with E-state index in [1.807, 2.05) is 0 Å². The van der Waals surface area contributed by atoms with Gasteiger partial charge in [-0.15, -0.1) is 0 Å². The molecule has 9 nitrogen and oxygen atoms in total. The van der Waals surface area contributed by atoms with E-state index in [1.54, 1.807) is 72.8 Å². The Bertz CT molecular complexity index is 907. The third-order valence-corrected chi connectivity index (χ3v) is 5.02. The molecule has 0 aromatic heterocycles. The predicted octanol–water partition coefficient (Wildman–Crippen LogP) is 4.93. The van der Waals surface area contributed by atoms with Gasteiger partial charge in [-0.05, 0) is 72.8 Å². The fourth-order valence-corrected chi connectivity index (χ4v) is 2.69. The summed E-state index contributed by atoms with van der Waals surface area (Å²) >= 11 is 0. The smallest absolute Gasteiger partial charge is 0.119 e. The molecule has 3 saturated heterocycles. The molecule has 39 heavy (non-hydrogen) atoms. The summed E-state index contributed by atoms with van der Waals surface area (Å²) in [7, 11) is 0. The quantitative estimate of drug-likeness (QED) is 0.323. The lowest BCUT2D eigenvalue weighted by Gasteiger charge is -2.02. The van der Waals surface area contributed by atoms with Crippen LogP contribution in [0, 0.1) is 0 Å². The minimum atomic E-state index is 0.255. The van der Waals surface area contributed by atoms with Crippen molar-refractivity contribution >= 4 is 0 Å². The van der Waals surface area contributed by atoms with Gasteiger partial charge in [-0.3, -0.25) is 0 Å². The topological polar surface area (TPSA) is 126 Å². The van der Waals surface area contributed by atoms with Crippen LogP contribution in [-0.4, -0.2) is 73.3 Å². The number of ether oxygens (including phenoxy) is 6. The monoisotopic (exact) mass is 542 g/mol. The minimum Gasteiger partial charge on any atom is -0.508 e. The van der Waals surface area contributed by atoms with Gasteiger partial charge in [0.2, 0.25) is 0 Å². The zero-order chi connectivity index (χ0) is 27.9. The third kappa shape index (κ3) is 14.2. The van der Waals surface area contributed by atoms with Crippen molar-refractivity contribution in [3.8, 4) is 34.5 Å². The number of phenolic OH excluding ortho intramolecular Hbond substituents is 3. The van der Waals surface area contributed by atoms with Gasteiger partial charge in [-0.25, -0.2) is 0 Å². The Morgan fingerprint density at radius 2 is 0.718 bits per heavy atom. The number of aromatic hydroxyl groups is 3. The van der Waals surface area contributed by atoms with Crippen LogP contribution in [0.3, 0.4) is 0 Å². The van der Waals surface area contributed by atoms with E-state index in [0.717, 1.165) is 37.1 Å². The Hall–Kier alpha value is -3.66. The van der Waals surface area contributed by atoms with E-state index >= 15 is 0 Å². The maximum Gasteiger partial charge on any atom is 0.119 e. The van der Waals surface area contributed by atoms with Crippen molar-refractivity contribution in [2.45, 2.75) is 38.6 Å². The zero-order valence-corrected chi connectivity index (χ0v) is 22.4. The Kier molecular flexibility index (Phi) is 12.5. The molecule has 3 aliphatic heterocycles. The van der Waals surface area contributed by atoms with E-state index in [9.17, 15) is 0 Å². The highest BCUT2D eigenvalue weighted by molar-refractivity contribution is 5.31. The van der Waals surface area contributed by atoms with E-state index in [4.69, 9.17) is 43.7 Å². The second-order valence-electron chi connectivity index (χ2n) is 8.99. The molecule has 9 heteroatoms. The summed E-state index contributed by atoms with van der Waals surface area (Å²) in [6, 6.07) is 20.0. The predicted molar refractivity (Wildman–Crippen MR) is 146 cm³/mol. The van der Waals surface area contributed by atoms with E-state index in [2.05, 4.69) is 13.8 Å². The van der Waals surface area contributed by atoms with E-state index < -0.39 is 0 Å². The van der Waals surface area contributed by atoms with Crippen molar-refractivity contribution in [2.24, 2.45) is 0 Å². The molecule has 3 aromatic rings. The maximum absolute atomic E-state index is 8.97. The fraction of sp³-hybridized carbons (Fsp3) is 0.400. The molecule has 0 radical (unpaired) electrons. The summed E-state index contributed by atoms with van der Waals surface area (Å²) in [5.41, 5.74) is 0. The molecule has 0 aliphatic carbocycles. The van der Waals surface area contributed by atoms with Gasteiger partial charge in [0.25, 0.3) is 0 Å². The van der Waals surface area contributed by atoms with E-state index in [1.165, 1.54) is 6.42 Å². The Labute approximate surface area is 229 Å². The zero-order valence-electron chi connectivity index (χ0n) is 22.4. The first-order chi connectivity index (χ1) is 18.9. The molecular formula is C30H38O9. The van der Waals surface area contributed by atoms with Crippen molar-refractivity contribution < 1.29 is 43.7 Å². The highest BCUT2D eigenvalue weighted by atomic mass is 16.6. The Morgan fingerprint density at radius 3 is 0.897 bits per heavy atom. The van der Waals surface area contributed by atoms with Gasteiger partial charge in [0.1, 0.15) is 72.6 Å². The van der Waals surface area contributed by atoms with Crippen molar-refractivity contribution in [1.29, 1.82) is 0 Å². The lowest BCUT2D eigenvalue weighted by atomic mass is 10.3. The van der Waals surface area contributed by atoms with Crippen LogP contribution in [0.2, 0.25) is 0 Å². The molecule has 0 bridgehead atoms. The lowest BCUT2D eigenvalue weighted by Crippen LogP contribution is -2.03. The van der Waals surface area contributed by atoms with Gasteiger partial charge in [0.15, 0.2) is 0 Å². The van der Waals surface area contributed by atoms with Gasteiger partial charge in [0, 0.05) is 0 Å². The molecule has 0 spiro atoms. The summed E-state index contributed by atoms with van der Waals surface area (Å²) in [5.74, 6) is 3.06. The van der Waals surface area contributed by atoms with Gasteiger partial charge in [0.05, 0.1) is 19.8 Å². The van der Waals surface area contributed by atoms with Crippen molar-refractivity contribution in [3.05, 3.63) is 72.8 Å². The third-order valence-electron chi connectivity index (χ3n) is 5.02. The molecular weight excluding hydrogens is 504 g/mol. The van der Waals surface area contributed by atoms with Crippen molar-refractivity contribution in [3.63, 3.8) is 0 Å². The van der Waals surface area contributed by atoms with Gasteiger partial charge in [-0.1, -0.05) is 20.3 Å². The first-order valence-corrected chi connectivity index (χ1v) is 13.1. The van der Waals surface area contributed by atoms with Crippen LogP contribution in [-0.2, 0) is 14.2 Å². The largest absolute Gasteiger partial charge is 0.508 e. The van der Waals surface area contributed by atoms with Gasteiger partial charge < -0.3 is 43.7 Å². The van der Waals surface area contributed by atoms with Gasteiger partial charge >= 0.3 is 0 Å². The summed E-state index contributed by atoms with van der Waals surface area (Å²) < 4.78 is 31.0. The second kappa shape index (κ2) is 16.3. The number of rotatable bonds is 9. The Balaban J connectivity index is 0.000000154. The van der Waals surface area contributed by atoms with Crippen LogP contribution in [0.5, 0.6) is 34.5 Å². The van der Waals surface area contributed by atoms with Crippen LogP contribution in [0.4, 0.5) is 0 Å². The average Bonchev–Trinajstić information content (AvgIpc) is 3.79. The van der Waals surface area contributed by atoms with Crippen molar-refractivity contribution in [1.82, 2.24) is 0 Å². The number of hydrogen-bond acceptors (Lipinski definition) is 9. The molecule has 3 heterocycles. The van der Waals surface area contributed by atoms with Gasteiger partial charge in [-0.2, -0.15) is 0 Å². The second-order valence-corrected chi connectivity index (χ2v) is 8.99. The normalized spacial score (nSPS) is 19.4. The maximum atomic E-state index is 8.97. The Morgan fingerprint density at radius 1 is 0.513 bits per heavy atom. The van der Waals surface area contributed by atoms with Crippen LogP contribution < -0.4 is 14.2 Å². The number of phenols is 3. The minimum absolute atomic E-state index is 0.255. The average molecular weight is 543 g/mol. The van der Waals surface area contributed by atoms with Crippen LogP contribution in [0.1, 0.15) is 20.3 Å². The standard InChI is InChI=1S/3C9H10O3.C3H8/c3*10-7-1-3-8(4-2-7)11-5-9-6-12-9;1-3-2/h3*1-4,9-10H,5-6H2;3H2,1-2H3. The van der Waals surface area contributed by atoms with Crippen molar-refractivity contribution in [2.75, 3.05) is 39.6 Å². The highest BCUT2D eigenvalue weighted by Gasteiger charge is 2.24. The molecule has 6 rings (SSSR count). The molecule has 3 aromatic carbocycles. The van der Waals surface area contributed by atoms with E-state index in [0.29, 0.717) is 19.8 Å². The number of epoxide rings is 3. The first-order valence-electron chi connectivity index (χ1n) is 13.1.